The van der Waals surface area contributed by atoms with Crippen molar-refractivity contribution in [2.24, 2.45) is 7.05 Å². The monoisotopic (exact) mass is 462 g/mol. The van der Waals surface area contributed by atoms with Gasteiger partial charge in [-0.2, -0.15) is 0 Å². The molecule has 0 bridgehead atoms. The lowest BCUT2D eigenvalue weighted by molar-refractivity contribution is -0.113. The van der Waals surface area contributed by atoms with Gasteiger partial charge in [-0.05, 0) is 35.9 Å². The van der Waals surface area contributed by atoms with Gasteiger partial charge in [0.25, 0.3) is 0 Å². The number of carbonyl (C=O) groups is 1. The number of ether oxygens (including phenoxy) is 2. The first-order chi connectivity index (χ1) is 15.0. The number of thioether (sulfide) groups is 1. The summed E-state index contributed by atoms with van der Waals surface area (Å²) in [6.45, 7) is 1.28. The van der Waals surface area contributed by atoms with E-state index in [1.807, 2.05) is 29.8 Å². The molecule has 0 saturated carbocycles. The second kappa shape index (κ2) is 9.57. The number of nitrogens with zero attached hydrogens (tertiary/aromatic N) is 3. The maximum absolute atomic E-state index is 13.2. The van der Waals surface area contributed by atoms with Gasteiger partial charge in [0, 0.05) is 25.6 Å². The van der Waals surface area contributed by atoms with E-state index in [1.165, 1.54) is 30.0 Å². The zero-order valence-corrected chi connectivity index (χ0v) is 18.3. The summed E-state index contributed by atoms with van der Waals surface area (Å²) >= 11 is 7.00. The van der Waals surface area contributed by atoms with Crippen molar-refractivity contribution in [3.8, 4) is 11.5 Å². The second-order valence-corrected chi connectivity index (χ2v) is 8.28. The molecule has 7 nitrogen and oxygen atoms in total. The molecule has 162 valence electrons. The fourth-order valence-electron chi connectivity index (χ4n) is 3.03. The number of aromatic nitrogens is 3. The molecule has 10 heteroatoms. The van der Waals surface area contributed by atoms with Gasteiger partial charge in [-0.1, -0.05) is 29.4 Å². The second-order valence-electron chi connectivity index (χ2n) is 6.93. The van der Waals surface area contributed by atoms with Gasteiger partial charge in [0.15, 0.2) is 16.7 Å². The number of fused-ring (bicyclic) bond motifs is 1. The van der Waals surface area contributed by atoms with Crippen molar-refractivity contribution < 1.29 is 18.7 Å². The number of rotatable bonds is 6. The average molecular weight is 463 g/mol. The van der Waals surface area contributed by atoms with Crippen LogP contribution in [0.1, 0.15) is 17.8 Å². The van der Waals surface area contributed by atoms with Crippen LogP contribution in [0.4, 0.5) is 10.1 Å². The topological polar surface area (TPSA) is 78.3 Å². The van der Waals surface area contributed by atoms with Crippen molar-refractivity contribution >= 4 is 35.0 Å². The Morgan fingerprint density at radius 2 is 2.00 bits per heavy atom. The lowest BCUT2D eigenvalue weighted by Crippen LogP contribution is -2.14. The summed E-state index contributed by atoms with van der Waals surface area (Å²) in [5.74, 6) is 1.61. The SMILES string of the molecule is Cn1c(Cc2ccc3c(c2)OCCCO3)nnc1SCC(=O)Nc1ccc(F)c(Cl)c1. The van der Waals surface area contributed by atoms with E-state index in [1.54, 1.807) is 0 Å². The third-order valence-electron chi connectivity index (χ3n) is 4.63. The minimum atomic E-state index is -0.533. The van der Waals surface area contributed by atoms with Gasteiger partial charge in [0.1, 0.15) is 11.6 Å². The molecule has 3 aromatic rings. The van der Waals surface area contributed by atoms with Crippen LogP contribution in [-0.2, 0) is 18.3 Å². The molecule has 0 fully saturated rings. The Kier molecular flexibility index (Phi) is 6.62. The van der Waals surface area contributed by atoms with Crippen LogP contribution in [-0.4, -0.2) is 39.6 Å². The number of hydrogen-bond acceptors (Lipinski definition) is 6. The quantitative estimate of drug-likeness (QED) is 0.556. The van der Waals surface area contributed by atoms with Gasteiger partial charge in [0.05, 0.1) is 24.0 Å². The number of nitrogens with one attached hydrogen (secondary N) is 1. The number of amides is 1. The zero-order valence-electron chi connectivity index (χ0n) is 16.7. The van der Waals surface area contributed by atoms with Crippen LogP contribution in [0.3, 0.4) is 0 Å². The van der Waals surface area contributed by atoms with Crippen molar-refractivity contribution in [3.05, 3.63) is 58.6 Å². The minimum Gasteiger partial charge on any atom is -0.490 e. The van der Waals surface area contributed by atoms with E-state index in [0.29, 0.717) is 30.5 Å². The van der Waals surface area contributed by atoms with Gasteiger partial charge >= 0.3 is 0 Å². The van der Waals surface area contributed by atoms with Crippen LogP contribution in [0.25, 0.3) is 0 Å². The van der Waals surface area contributed by atoms with Crippen LogP contribution >= 0.6 is 23.4 Å². The van der Waals surface area contributed by atoms with Gasteiger partial charge < -0.3 is 19.4 Å². The van der Waals surface area contributed by atoms with Gasteiger partial charge in [-0.25, -0.2) is 4.39 Å². The molecule has 1 aliphatic rings. The summed E-state index contributed by atoms with van der Waals surface area (Å²) in [5.41, 5.74) is 1.47. The first-order valence-corrected chi connectivity index (χ1v) is 11.0. The normalized spacial score (nSPS) is 13.0. The predicted molar refractivity (Wildman–Crippen MR) is 117 cm³/mol. The fraction of sp³-hybridized carbons (Fsp3) is 0.286. The molecule has 0 radical (unpaired) electrons. The molecule has 1 aromatic heterocycles. The van der Waals surface area contributed by atoms with Crippen LogP contribution in [0.15, 0.2) is 41.6 Å². The van der Waals surface area contributed by atoms with Gasteiger partial charge in [-0.3, -0.25) is 4.79 Å². The Bertz CT molecular complexity index is 1110. The molecule has 1 aliphatic heterocycles. The van der Waals surface area contributed by atoms with Crippen molar-refractivity contribution in [2.45, 2.75) is 18.0 Å². The number of benzene rings is 2. The lowest BCUT2D eigenvalue weighted by Gasteiger charge is -2.09. The smallest absolute Gasteiger partial charge is 0.234 e. The fourth-order valence-corrected chi connectivity index (χ4v) is 3.94. The van der Waals surface area contributed by atoms with Crippen molar-refractivity contribution in [1.29, 1.82) is 0 Å². The minimum absolute atomic E-state index is 0.0434. The molecular weight excluding hydrogens is 443 g/mol. The van der Waals surface area contributed by atoms with Crippen molar-refractivity contribution in [1.82, 2.24) is 14.8 Å². The molecule has 0 aliphatic carbocycles. The zero-order chi connectivity index (χ0) is 21.8. The van der Waals surface area contributed by atoms with Crippen LogP contribution in [0, 0.1) is 5.82 Å². The first kappa shape index (κ1) is 21.5. The molecule has 4 rings (SSSR count). The molecular formula is C21H20ClFN4O3S. The predicted octanol–water partition coefficient (Wildman–Crippen LogP) is 4.09. The third-order valence-corrected chi connectivity index (χ3v) is 5.94. The Hall–Kier alpha value is -2.78. The molecule has 2 aromatic carbocycles. The third kappa shape index (κ3) is 5.29. The van der Waals surface area contributed by atoms with Crippen molar-refractivity contribution in [3.63, 3.8) is 0 Å². The van der Waals surface area contributed by atoms with Gasteiger partial charge in [0.2, 0.25) is 5.91 Å². The highest BCUT2D eigenvalue weighted by molar-refractivity contribution is 7.99. The lowest BCUT2D eigenvalue weighted by atomic mass is 10.1. The van der Waals surface area contributed by atoms with E-state index in [2.05, 4.69) is 15.5 Å². The number of hydrogen-bond donors (Lipinski definition) is 1. The van der Waals surface area contributed by atoms with Crippen LogP contribution in [0.2, 0.25) is 5.02 Å². The molecule has 0 unspecified atom stereocenters. The van der Waals surface area contributed by atoms with Crippen LogP contribution in [0.5, 0.6) is 11.5 Å². The van der Waals surface area contributed by atoms with E-state index in [-0.39, 0.29) is 16.7 Å². The highest BCUT2D eigenvalue weighted by atomic mass is 35.5. The Morgan fingerprint density at radius 1 is 1.19 bits per heavy atom. The highest BCUT2D eigenvalue weighted by Gasteiger charge is 2.15. The summed E-state index contributed by atoms with van der Waals surface area (Å²) in [6, 6.07) is 9.89. The number of carbonyl (C=O) groups excluding carboxylic acids is 1. The van der Waals surface area contributed by atoms with E-state index in [0.717, 1.165) is 29.3 Å². The molecule has 0 saturated heterocycles. The number of anilines is 1. The van der Waals surface area contributed by atoms with E-state index in [4.69, 9.17) is 21.1 Å². The highest BCUT2D eigenvalue weighted by Crippen LogP contribution is 2.31. The van der Waals surface area contributed by atoms with E-state index >= 15 is 0 Å². The Labute approximate surface area is 187 Å². The largest absolute Gasteiger partial charge is 0.490 e. The van der Waals surface area contributed by atoms with E-state index < -0.39 is 5.82 Å². The van der Waals surface area contributed by atoms with Crippen LogP contribution < -0.4 is 14.8 Å². The maximum atomic E-state index is 13.2. The van der Waals surface area contributed by atoms with Gasteiger partial charge in [-0.15, -0.1) is 10.2 Å². The molecule has 1 N–H and O–H groups in total. The van der Waals surface area contributed by atoms with Crippen molar-refractivity contribution in [2.75, 3.05) is 24.3 Å². The Morgan fingerprint density at radius 3 is 2.81 bits per heavy atom. The summed E-state index contributed by atoms with van der Waals surface area (Å²) in [6.07, 6.45) is 1.43. The molecule has 1 amide bonds. The summed E-state index contributed by atoms with van der Waals surface area (Å²) in [4.78, 5) is 12.2. The molecule has 0 atom stereocenters. The molecule has 2 heterocycles. The number of halogens is 2. The average Bonchev–Trinajstić information content (AvgIpc) is 2.95. The first-order valence-electron chi connectivity index (χ1n) is 9.64. The van der Waals surface area contributed by atoms with E-state index in [9.17, 15) is 9.18 Å². The summed E-state index contributed by atoms with van der Waals surface area (Å²) in [7, 11) is 1.86. The standard InChI is InChI=1S/C21H20ClFN4O3S/c1-27-19(10-13-3-6-17-18(9-13)30-8-2-7-29-17)25-26-21(27)31-12-20(28)24-14-4-5-16(23)15(22)11-14/h3-6,9,11H,2,7-8,10,12H2,1H3,(H,24,28). The summed E-state index contributed by atoms with van der Waals surface area (Å²) < 4.78 is 26.5. The Balaban J connectivity index is 1.36. The summed E-state index contributed by atoms with van der Waals surface area (Å²) in [5, 5.41) is 11.7. The maximum Gasteiger partial charge on any atom is 0.234 e. The molecule has 0 spiro atoms. The molecule has 31 heavy (non-hydrogen) atoms.